The van der Waals surface area contributed by atoms with Gasteiger partial charge in [0.25, 0.3) is 0 Å². The second kappa shape index (κ2) is 6.73. The van der Waals surface area contributed by atoms with Crippen LogP contribution in [0.3, 0.4) is 0 Å². The number of hydrogen-bond donors (Lipinski definition) is 1. The monoisotopic (exact) mass is 337 g/mol. The first-order valence-electron chi connectivity index (χ1n) is 5.94. The Morgan fingerprint density at radius 1 is 1.16 bits per heavy atom. The van der Waals surface area contributed by atoms with E-state index >= 15 is 0 Å². The van der Waals surface area contributed by atoms with Gasteiger partial charge in [0.2, 0.25) is 5.91 Å². The van der Waals surface area contributed by atoms with Crippen molar-refractivity contribution in [1.29, 1.82) is 0 Å². The maximum atomic E-state index is 11.8. The van der Waals surface area contributed by atoms with Gasteiger partial charge >= 0.3 is 0 Å². The molecule has 1 amide bonds. The molecule has 19 heavy (non-hydrogen) atoms. The van der Waals surface area contributed by atoms with E-state index in [1.165, 1.54) is 0 Å². The SMILES string of the molecule is O=C(CCc1ccccc1)Nc1ccc(Br)c(Cl)c1. The lowest BCUT2D eigenvalue weighted by Crippen LogP contribution is -2.12. The van der Waals surface area contributed by atoms with Gasteiger partial charge in [-0.05, 0) is 46.1 Å². The summed E-state index contributed by atoms with van der Waals surface area (Å²) in [6, 6.07) is 15.3. The number of nitrogens with one attached hydrogen (secondary N) is 1. The molecular weight excluding hydrogens is 326 g/mol. The Morgan fingerprint density at radius 3 is 2.58 bits per heavy atom. The van der Waals surface area contributed by atoms with Crippen molar-refractivity contribution in [2.75, 3.05) is 5.32 Å². The van der Waals surface area contributed by atoms with E-state index in [1.54, 1.807) is 6.07 Å². The summed E-state index contributed by atoms with van der Waals surface area (Å²) in [5.74, 6) is -0.0118. The maximum absolute atomic E-state index is 11.8. The zero-order valence-electron chi connectivity index (χ0n) is 10.2. The Morgan fingerprint density at radius 2 is 1.89 bits per heavy atom. The molecule has 0 spiro atoms. The van der Waals surface area contributed by atoms with Crippen LogP contribution in [0.15, 0.2) is 53.0 Å². The predicted molar refractivity (Wildman–Crippen MR) is 82.5 cm³/mol. The van der Waals surface area contributed by atoms with Crippen LogP contribution in [0.4, 0.5) is 5.69 Å². The van der Waals surface area contributed by atoms with Crippen LogP contribution >= 0.6 is 27.5 Å². The van der Waals surface area contributed by atoms with Crippen LogP contribution in [0.5, 0.6) is 0 Å². The number of carbonyl (C=O) groups excluding carboxylic acids is 1. The normalized spacial score (nSPS) is 10.2. The van der Waals surface area contributed by atoms with Gasteiger partial charge in [-0.2, -0.15) is 0 Å². The number of anilines is 1. The minimum Gasteiger partial charge on any atom is -0.326 e. The highest BCUT2D eigenvalue weighted by molar-refractivity contribution is 9.10. The van der Waals surface area contributed by atoms with Gasteiger partial charge in [-0.3, -0.25) is 4.79 Å². The van der Waals surface area contributed by atoms with Gasteiger partial charge in [-0.1, -0.05) is 41.9 Å². The fourth-order valence-corrected chi connectivity index (χ4v) is 2.13. The summed E-state index contributed by atoms with van der Waals surface area (Å²) in [5.41, 5.74) is 1.87. The minimum absolute atomic E-state index is 0.0118. The number of amides is 1. The molecular formula is C15H13BrClNO. The number of aryl methyl sites for hydroxylation is 1. The summed E-state index contributed by atoms with van der Waals surface area (Å²) in [4.78, 5) is 11.8. The van der Waals surface area contributed by atoms with E-state index in [1.807, 2.05) is 42.5 Å². The fraction of sp³-hybridized carbons (Fsp3) is 0.133. The fourth-order valence-electron chi connectivity index (χ4n) is 1.70. The molecule has 0 aromatic heterocycles. The van der Waals surface area contributed by atoms with Gasteiger partial charge in [0.1, 0.15) is 0 Å². The van der Waals surface area contributed by atoms with Gasteiger partial charge in [-0.15, -0.1) is 0 Å². The molecule has 0 fully saturated rings. The van der Waals surface area contributed by atoms with Crippen LogP contribution in [0, 0.1) is 0 Å². The maximum Gasteiger partial charge on any atom is 0.224 e. The van der Waals surface area contributed by atoms with Crippen molar-refractivity contribution in [3.63, 3.8) is 0 Å². The summed E-state index contributed by atoms with van der Waals surface area (Å²) in [6.07, 6.45) is 1.19. The lowest BCUT2D eigenvalue weighted by molar-refractivity contribution is -0.116. The van der Waals surface area contributed by atoms with Gasteiger partial charge in [0, 0.05) is 16.6 Å². The molecule has 2 aromatic rings. The number of hydrogen-bond acceptors (Lipinski definition) is 1. The quantitative estimate of drug-likeness (QED) is 0.862. The second-order valence-corrected chi connectivity index (χ2v) is 5.42. The largest absolute Gasteiger partial charge is 0.326 e. The van der Waals surface area contributed by atoms with Gasteiger partial charge < -0.3 is 5.32 Å². The molecule has 4 heteroatoms. The molecule has 0 aliphatic heterocycles. The Kier molecular flexibility index (Phi) is 5.00. The molecule has 0 aliphatic rings. The van der Waals surface area contributed by atoms with E-state index in [0.29, 0.717) is 17.1 Å². The predicted octanol–water partition coefficient (Wildman–Crippen LogP) is 4.67. The molecule has 2 rings (SSSR count). The molecule has 0 radical (unpaired) electrons. The number of rotatable bonds is 4. The number of carbonyl (C=O) groups is 1. The third kappa shape index (κ3) is 4.37. The summed E-state index contributed by atoms with van der Waals surface area (Å²) >= 11 is 9.28. The summed E-state index contributed by atoms with van der Waals surface area (Å²) < 4.78 is 0.816. The van der Waals surface area contributed by atoms with Crippen LogP contribution in [0.25, 0.3) is 0 Å². The topological polar surface area (TPSA) is 29.1 Å². The average Bonchev–Trinajstić information content (AvgIpc) is 2.42. The van der Waals surface area contributed by atoms with Gasteiger partial charge in [0.15, 0.2) is 0 Å². The first-order chi connectivity index (χ1) is 9.15. The van der Waals surface area contributed by atoms with Gasteiger partial charge in [-0.25, -0.2) is 0 Å². The van der Waals surface area contributed by atoms with Crippen LogP contribution in [-0.2, 0) is 11.2 Å². The minimum atomic E-state index is -0.0118. The first kappa shape index (κ1) is 14.1. The molecule has 0 aliphatic carbocycles. The molecule has 1 N–H and O–H groups in total. The molecule has 0 saturated carbocycles. The lowest BCUT2D eigenvalue weighted by Gasteiger charge is -2.06. The van der Waals surface area contributed by atoms with E-state index in [-0.39, 0.29) is 5.91 Å². The molecule has 0 bridgehead atoms. The smallest absolute Gasteiger partial charge is 0.224 e. The standard InChI is InChI=1S/C15H13BrClNO/c16-13-8-7-12(10-14(13)17)18-15(19)9-6-11-4-2-1-3-5-11/h1-5,7-8,10H,6,9H2,(H,18,19). The highest BCUT2D eigenvalue weighted by Crippen LogP contribution is 2.25. The van der Waals surface area contributed by atoms with Crippen molar-refractivity contribution >= 4 is 39.1 Å². The summed E-state index contributed by atoms with van der Waals surface area (Å²) in [5, 5.41) is 3.42. The Hall–Kier alpha value is -1.32. The Balaban J connectivity index is 1.89. The van der Waals surface area contributed by atoms with Crippen molar-refractivity contribution < 1.29 is 4.79 Å². The van der Waals surface area contributed by atoms with Crippen LogP contribution in [0.1, 0.15) is 12.0 Å². The third-order valence-corrected chi connectivity index (χ3v) is 3.92. The Bertz CT molecular complexity index is 572. The zero-order valence-corrected chi connectivity index (χ0v) is 12.5. The van der Waals surface area contributed by atoms with Crippen LogP contribution < -0.4 is 5.32 Å². The van der Waals surface area contributed by atoms with Gasteiger partial charge in [0.05, 0.1) is 5.02 Å². The van der Waals surface area contributed by atoms with E-state index in [2.05, 4.69) is 21.2 Å². The van der Waals surface area contributed by atoms with E-state index in [0.717, 1.165) is 16.5 Å². The molecule has 0 unspecified atom stereocenters. The number of halogens is 2. The van der Waals surface area contributed by atoms with E-state index < -0.39 is 0 Å². The molecule has 2 aromatic carbocycles. The molecule has 0 heterocycles. The average molecular weight is 339 g/mol. The summed E-state index contributed by atoms with van der Waals surface area (Å²) in [7, 11) is 0. The van der Waals surface area contributed by atoms with E-state index in [4.69, 9.17) is 11.6 Å². The lowest BCUT2D eigenvalue weighted by atomic mass is 10.1. The molecule has 2 nitrogen and oxygen atoms in total. The van der Waals surface area contributed by atoms with Crippen LogP contribution in [0.2, 0.25) is 5.02 Å². The highest BCUT2D eigenvalue weighted by atomic mass is 79.9. The first-order valence-corrected chi connectivity index (χ1v) is 7.11. The molecule has 98 valence electrons. The molecule has 0 atom stereocenters. The second-order valence-electron chi connectivity index (χ2n) is 4.16. The number of benzene rings is 2. The summed E-state index contributed by atoms with van der Waals surface area (Å²) in [6.45, 7) is 0. The van der Waals surface area contributed by atoms with E-state index in [9.17, 15) is 4.79 Å². The molecule has 0 saturated heterocycles. The third-order valence-electron chi connectivity index (χ3n) is 2.69. The van der Waals surface area contributed by atoms with Crippen molar-refractivity contribution in [3.05, 3.63) is 63.6 Å². The van der Waals surface area contributed by atoms with Crippen molar-refractivity contribution in [3.8, 4) is 0 Å². The van der Waals surface area contributed by atoms with Crippen molar-refractivity contribution in [2.24, 2.45) is 0 Å². The zero-order chi connectivity index (χ0) is 13.7. The van der Waals surface area contributed by atoms with Crippen LogP contribution in [-0.4, -0.2) is 5.91 Å². The Labute approximate surface area is 125 Å². The van der Waals surface area contributed by atoms with Crippen molar-refractivity contribution in [2.45, 2.75) is 12.8 Å². The van der Waals surface area contributed by atoms with Crippen molar-refractivity contribution in [1.82, 2.24) is 0 Å². The highest BCUT2D eigenvalue weighted by Gasteiger charge is 2.04.